The zero-order chi connectivity index (χ0) is 25.1. The molecule has 0 unspecified atom stereocenters. The van der Waals surface area contributed by atoms with Crippen LogP contribution in [0.4, 0.5) is 0 Å². The van der Waals surface area contributed by atoms with Crippen LogP contribution in [0.2, 0.25) is 0 Å². The highest BCUT2D eigenvalue weighted by molar-refractivity contribution is 5.80. The molecular formula is C27H32N6O3. The number of H-pyrrole nitrogens is 1. The lowest BCUT2D eigenvalue weighted by molar-refractivity contribution is 0.149. The summed E-state index contributed by atoms with van der Waals surface area (Å²) in [7, 11) is 1.65. The Morgan fingerprint density at radius 2 is 1.83 bits per heavy atom. The van der Waals surface area contributed by atoms with Crippen LogP contribution in [-0.2, 0) is 6.54 Å². The smallest absolute Gasteiger partial charge is 0.253 e. The van der Waals surface area contributed by atoms with Crippen LogP contribution in [0.5, 0.6) is 11.5 Å². The van der Waals surface area contributed by atoms with Crippen molar-refractivity contribution in [1.82, 2.24) is 30.1 Å². The molecule has 2 aromatic carbocycles. The van der Waals surface area contributed by atoms with E-state index in [4.69, 9.17) is 9.47 Å². The van der Waals surface area contributed by atoms with Crippen LogP contribution in [0.3, 0.4) is 0 Å². The highest BCUT2D eigenvalue weighted by atomic mass is 16.5. The molecule has 9 nitrogen and oxygen atoms in total. The predicted molar refractivity (Wildman–Crippen MR) is 137 cm³/mol. The number of aromatic amines is 1. The number of fused-ring (bicyclic) bond motifs is 1. The zero-order valence-corrected chi connectivity index (χ0v) is 21.0. The second kappa shape index (κ2) is 10.5. The van der Waals surface area contributed by atoms with Crippen molar-refractivity contribution in [2.45, 2.75) is 39.3 Å². The van der Waals surface area contributed by atoms with Gasteiger partial charge in [-0.25, -0.2) is 4.68 Å². The van der Waals surface area contributed by atoms with Gasteiger partial charge in [0.15, 0.2) is 5.82 Å². The van der Waals surface area contributed by atoms with Gasteiger partial charge in [-0.2, -0.15) is 0 Å². The van der Waals surface area contributed by atoms with Crippen LogP contribution in [-0.4, -0.2) is 56.9 Å². The molecule has 1 aliphatic heterocycles. The first-order valence-electron chi connectivity index (χ1n) is 12.5. The van der Waals surface area contributed by atoms with E-state index >= 15 is 0 Å². The van der Waals surface area contributed by atoms with Crippen LogP contribution in [0.25, 0.3) is 10.9 Å². The Labute approximate surface area is 210 Å². The molecule has 1 saturated heterocycles. The van der Waals surface area contributed by atoms with Gasteiger partial charge in [0.2, 0.25) is 0 Å². The largest absolute Gasteiger partial charge is 0.497 e. The molecule has 1 atom stereocenters. The van der Waals surface area contributed by atoms with E-state index in [1.807, 2.05) is 55.5 Å². The number of methoxy groups -OCH3 is 1. The number of hydrogen-bond acceptors (Lipinski definition) is 7. The molecule has 4 aromatic rings. The van der Waals surface area contributed by atoms with Gasteiger partial charge in [0.1, 0.15) is 17.5 Å². The number of aromatic nitrogens is 5. The Morgan fingerprint density at radius 1 is 1.08 bits per heavy atom. The average Bonchev–Trinajstić information content (AvgIpc) is 3.34. The minimum Gasteiger partial charge on any atom is -0.497 e. The number of ether oxygens (including phenoxy) is 2. The van der Waals surface area contributed by atoms with Crippen LogP contribution >= 0.6 is 0 Å². The SMILES string of the molecule is CCOc1ccc2[nH]c(=O)c([C@@H](c3nnnn3Cc3ccc(OC)cc3)N3CCC(C)CC3)cc2c1. The number of benzene rings is 2. The maximum absolute atomic E-state index is 13.4. The van der Waals surface area contributed by atoms with Gasteiger partial charge in [-0.3, -0.25) is 9.69 Å². The molecule has 1 fully saturated rings. The first-order chi connectivity index (χ1) is 17.6. The number of piperidine rings is 1. The highest BCUT2D eigenvalue weighted by Crippen LogP contribution is 2.31. The highest BCUT2D eigenvalue weighted by Gasteiger charge is 2.32. The molecule has 1 aliphatic rings. The van der Waals surface area contributed by atoms with Gasteiger partial charge in [0, 0.05) is 16.5 Å². The minimum atomic E-state index is -0.366. The summed E-state index contributed by atoms with van der Waals surface area (Å²) in [6, 6.07) is 15.2. The van der Waals surface area contributed by atoms with Gasteiger partial charge in [-0.1, -0.05) is 19.1 Å². The van der Waals surface area contributed by atoms with E-state index in [-0.39, 0.29) is 11.6 Å². The normalized spacial score (nSPS) is 15.8. The van der Waals surface area contributed by atoms with Crippen LogP contribution in [0.1, 0.15) is 49.7 Å². The Morgan fingerprint density at radius 3 is 2.56 bits per heavy atom. The second-order valence-electron chi connectivity index (χ2n) is 9.40. The number of pyridine rings is 1. The van der Waals surface area contributed by atoms with E-state index in [9.17, 15) is 4.79 Å². The summed E-state index contributed by atoms with van der Waals surface area (Å²) in [6.07, 6.45) is 2.13. The minimum absolute atomic E-state index is 0.130. The number of hydrogen-bond donors (Lipinski definition) is 1. The lowest BCUT2D eigenvalue weighted by Crippen LogP contribution is -2.40. The number of nitrogens with zero attached hydrogens (tertiary/aromatic N) is 5. The molecule has 0 spiro atoms. The summed E-state index contributed by atoms with van der Waals surface area (Å²) < 4.78 is 12.8. The number of likely N-dealkylation sites (tertiary alicyclic amines) is 1. The Hall–Kier alpha value is -3.72. The summed E-state index contributed by atoms with van der Waals surface area (Å²) in [6.45, 7) is 7.05. The van der Waals surface area contributed by atoms with E-state index in [1.54, 1.807) is 11.8 Å². The van der Waals surface area contributed by atoms with Crippen molar-refractivity contribution in [2.24, 2.45) is 5.92 Å². The molecule has 0 aliphatic carbocycles. The quantitative estimate of drug-likeness (QED) is 0.403. The number of rotatable bonds is 8. The summed E-state index contributed by atoms with van der Waals surface area (Å²) in [5, 5.41) is 13.7. The number of tetrazole rings is 1. The summed E-state index contributed by atoms with van der Waals surface area (Å²) in [5.41, 5.74) is 2.32. The van der Waals surface area contributed by atoms with Gasteiger partial charge in [-0.15, -0.1) is 5.10 Å². The van der Waals surface area contributed by atoms with Crippen LogP contribution < -0.4 is 15.0 Å². The Kier molecular flexibility index (Phi) is 6.99. The van der Waals surface area contributed by atoms with Gasteiger partial charge < -0.3 is 14.5 Å². The van der Waals surface area contributed by atoms with E-state index in [1.165, 1.54) is 0 Å². The van der Waals surface area contributed by atoms with Crippen molar-refractivity contribution in [3.05, 3.63) is 75.8 Å². The maximum Gasteiger partial charge on any atom is 0.253 e. The maximum atomic E-state index is 13.4. The first kappa shape index (κ1) is 24.0. The van der Waals surface area contributed by atoms with E-state index in [0.717, 1.165) is 53.9 Å². The fourth-order valence-corrected chi connectivity index (χ4v) is 4.87. The fourth-order valence-electron chi connectivity index (χ4n) is 4.87. The fraction of sp³-hybridized carbons (Fsp3) is 0.407. The topological polar surface area (TPSA) is 98.2 Å². The third-order valence-corrected chi connectivity index (χ3v) is 6.93. The molecule has 188 valence electrons. The molecule has 36 heavy (non-hydrogen) atoms. The molecule has 9 heteroatoms. The van der Waals surface area contributed by atoms with Crippen molar-refractivity contribution in [3.63, 3.8) is 0 Å². The van der Waals surface area contributed by atoms with Gasteiger partial charge in [-0.05, 0) is 91.2 Å². The Bertz CT molecular complexity index is 1370. The van der Waals surface area contributed by atoms with Crippen LogP contribution in [0.15, 0.2) is 53.3 Å². The monoisotopic (exact) mass is 488 g/mol. The molecule has 0 bridgehead atoms. The van der Waals surface area contributed by atoms with Crippen molar-refractivity contribution in [3.8, 4) is 11.5 Å². The third kappa shape index (κ3) is 4.97. The number of nitrogens with one attached hydrogen (secondary N) is 1. The zero-order valence-electron chi connectivity index (χ0n) is 21.0. The molecule has 0 radical (unpaired) electrons. The van der Waals surface area contributed by atoms with Gasteiger partial charge >= 0.3 is 0 Å². The third-order valence-electron chi connectivity index (χ3n) is 6.93. The Balaban J connectivity index is 1.57. The van der Waals surface area contributed by atoms with Crippen molar-refractivity contribution < 1.29 is 9.47 Å². The lowest BCUT2D eigenvalue weighted by Gasteiger charge is -2.35. The molecule has 0 saturated carbocycles. The van der Waals surface area contributed by atoms with Crippen LogP contribution in [0, 0.1) is 5.92 Å². The molecule has 2 aromatic heterocycles. The van der Waals surface area contributed by atoms with Gasteiger partial charge in [0.05, 0.1) is 20.3 Å². The second-order valence-corrected chi connectivity index (χ2v) is 9.40. The average molecular weight is 489 g/mol. The van der Waals surface area contributed by atoms with Crippen molar-refractivity contribution in [2.75, 3.05) is 26.8 Å². The molecule has 3 heterocycles. The standard InChI is InChI=1S/C27H32N6O3/c1-4-36-22-9-10-24-20(15-22)16-23(27(34)28-24)25(32-13-11-18(2)12-14-32)26-29-30-31-33(26)17-19-5-7-21(35-3)8-6-19/h5-10,15-16,18,25H,4,11-14,17H2,1-3H3,(H,28,34)/t25-/m0/s1. The summed E-state index contributed by atoms with van der Waals surface area (Å²) >= 11 is 0. The predicted octanol–water partition coefficient (Wildman–Crippen LogP) is 3.79. The summed E-state index contributed by atoms with van der Waals surface area (Å²) in [4.78, 5) is 18.8. The first-order valence-corrected chi connectivity index (χ1v) is 12.5. The molecule has 0 amide bonds. The molecule has 1 N–H and O–H groups in total. The van der Waals surface area contributed by atoms with Crippen molar-refractivity contribution >= 4 is 10.9 Å². The van der Waals surface area contributed by atoms with E-state index < -0.39 is 0 Å². The van der Waals surface area contributed by atoms with Crippen molar-refractivity contribution in [1.29, 1.82) is 0 Å². The van der Waals surface area contributed by atoms with E-state index in [2.05, 4.69) is 32.3 Å². The molecular weight excluding hydrogens is 456 g/mol. The van der Waals surface area contributed by atoms with Gasteiger partial charge in [0.25, 0.3) is 5.56 Å². The summed E-state index contributed by atoms with van der Waals surface area (Å²) in [5.74, 6) is 2.88. The van der Waals surface area contributed by atoms with E-state index in [0.29, 0.717) is 30.5 Å². The lowest BCUT2D eigenvalue weighted by atomic mass is 9.95. The molecule has 5 rings (SSSR count).